The molecule has 0 atom stereocenters. The van der Waals surface area contributed by atoms with Crippen LogP contribution in [0.15, 0.2) is 36.9 Å². The predicted molar refractivity (Wildman–Crippen MR) is 78.0 cm³/mol. The van der Waals surface area contributed by atoms with Gasteiger partial charge in [-0.25, -0.2) is 0 Å². The Hall–Kier alpha value is -1.37. The highest BCUT2D eigenvalue weighted by Crippen LogP contribution is 2.11. The van der Waals surface area contributed by atoms with Crippen LogP contribution in [-0.4, -0.2) is 5.78 Å². The first-order valence-electron chi connectivity index (χ1n) is 7.03. The van der Waals surface area contributed by atoms with Gasteiger partial charge in [0.15, 0.2) is 5.78 Å². The molecule has 1 heteroatoms. The molecule has 0 heterocycles. The van der Waals surface area contributed by atoms with Gasteiger partial charge in [-0.05, 0) is 24.5 Å². The second-order valence-corrected chi connectivity index (χ2v) is 4.78. The molecule has 0 aromatic heterocycles. The van der Waals surface area contributed by atoms with Crippen molar-refractivity contribution < 1.29 is 4.79 Å². The van der Waals surface area contributed by atoms with E-state index in [0.29, 0.717) is 0 Å². The third-order valence-corrected chi connectivity index (χ3v) is 3.24. The van der Waals surface area contributed by atoms with E-state index < -0.39 is 0 Å². The van der Waals surface area contributed by atoms with E-state index >= 15 is 0 Å². The molecule has 0 aliphatic rings. The number of rotatable bonds is 9. The van der Waals surface area contributed by atoms with Gasteiger partial charge in [0.2, 0.25) is 0 Å². The van der Waals surface area contributed by atoms with Crippen LogP contribution >= 0.6 is 0 Å². The maximum absolute atomic E-state index is 11.4. The third kappa shape index (κ3) is 5.31. The lowest BCUT2D eigenvalue weighted by molar-refractivity contribution is 0.104. The number of hydrogen-bond acceptors (Lipinski definition) is 1. The summed E-state index contributed by atoms with van der Waals surface area (Å²) in [6, 6.07) is 7.92. The molecule has 98 valence electrons. The molecule has 0 spiro atoms. The minimum absolute atomic E-state index is 0.00103. The van der Waals surface area contributed by atoms with Crippen molar-refractivity contribution in [3.63, 3.8) is 0 Å². The second kappa shape index (κ2) is 8.68. The molecule has 0 amide bonds. The van der Waals surface area contributed by atoms with Gasteiger partial charge in [0.25, 0.3) is 0 Å². The van der Waals surface area contributed by atoms with Crippen molar-refractivity contribution >= 4 is 5.78 Å². The van der Waals surface area contributed by atoms with Crippen molar-refractivity contribution in [3.8, 4) is 0 Å². The van der Waals surface area contributed by atoms with Crippen LogP contribution in [0.1, 0.15) is 61.4 Å². The highest BCUT2D eigenvalue weighted by molar-refractivity contribution is 6.04. The molecule has 0 unspecified atom stereocenters. The van der Waals surface area contributed by atoms with Crippen LogP contribution in [-0.2, 0) is 6.42 Å². The van der Waals surface area contributed by atoms with Gasteiger partial charge in [0.05, 0.1) is 0 Å². The SMILES string of the molecule is C=CC(=O)c1ccc(CCCCCCCC)cc1. The Kier molecular flexibility index (Phi) is 7.09. The average molecular weight is 244 g/mol. The van der Waals surface area contributed by atoms with Crippen molar-refractivity contribution in [2.24, 2.45) is 0 Å². The van der Waals surface area contributed by atoms with Gasteiger partial charge in [0, 0.05) is 5.56 Å². The second-order valence-electron chi connectivity index (χ2n) is 4.78. The lowest BCUT2D eigenvalue weighted by Gasteiger charge is -2.03. The lowest BCUT2D eigenvalue weighted by atomic mass is 10.0. The van der Waals surface area contributed by atoms with E-state index in [1.165, 1.54) is 50.2 Å². The van der Waals surface area contributed by atoms with E-state index in [1.54, 1.807) is 0 Å². The normalized spacial score (nSPS) is 10.3. The Morgan fingerprint density at radius 2 is 1.67 bits per heavy atom. The molecule has 1 nitrogen and oxygen atoms in total. The molecule has 0 aliphatic heterocycles. The molecular weight excluding hydrogens is 220 g/mol. The molecule has 0 bridgehead atoms. The molecule has 0 saturated heterocycles. The molecule has 0 fully saturated rings. The summed E-state index contributed by atoms with van der Waals surface area (Å²) in [4.78, 5) is 11.4. The fourth-order valence-corrected chi connectivity index (χ4v) is 2.06. The fraction of sp³-hybridized carbons (Fsp3) is 0.471. The summed E-state index contributed by atoms with van der Waals surface area (Å²) in [5.74, 6) is 0.00103. The topological polar surface area (TPSA) is 17.1 Å². The molecule has 1 aromatic rings. The lowest BCUT2D eigenvalue weighted by Crippen LogP contribution is -1.94. The third-order valence-electron chi connectivity index (χ3n) is 3.24. The number of aryl methyl sites for hydroxylation is 1. The number of benzene rings is 1. The van der Waals surface area contributed by atoms with Gasteiger partial charge < -0.3 is 0 Å². The molecule has 0 saturated carbocycles. The fourth-order valence-electron chi connectivity index (χ4n) is 2.06. The number of ketones is 1. The summed E-state index contributed by atoms with van der Waals surface area (Å²) in [5.41, 5.74) is 2.06. The first kappa shape index (κ1) is 14.7. The smallest absolute Gasteiger partial charge is 0.185 e. The van der Waals surface area contributed by atoms with Crippen LogP contribution in [0.25, 0.3) is 0 Å². The van der Waals surface area contributed by atoms with Crippen LogP contribution in [0.2, 0.25) is 0 Å². The monoisotopic (exact) mass is 244 g/mol. The Labute approximate surface area is 111 Å². The van der Waals surface area contributed by atoms with E-state index in [1.807, 2.05) is 12.1 Å². The first-order chi connectivity index (χ1) is 8.77. The molecular formula is C17H24O. The highest BCUT2D eigenvalue weighted by atomic mass is 16.1. The number of carbonyl (C=O) groups excluding carboxylic acids is 1. The Morgan fingerprint density at radius 3 is 2.28 bits per heavy atom. The summed E-state index contributed by atoms with van der Waals surface area (Å²) in [5, 5.41) is 0. The largest absolute Gasteiger partial charge is 0.289 e. The van der Waals surface area contributed by atoms with Gasteiger partial charge in [-0.15, -0.1) is 0 Å². The molecule has 1 rings (SSSR count). The minimum Gasteiger partial charge on any atom is -0.289 e. The standard InChI is InChI=1S/C17H24O/c1-3-5-6-7-8-9-10-15-11-13-16(14-12-15)17(18)4-2/h4,11-14H,2-3,5-10H2,1H3. The Balaban J connectivity index is 2.27. The molecule has 1 aromatic carbocycles. The van der Waals surface area contributed by atoms with Crippen molar-refractivity contribution in [1.29, 1.82) is 0 Å². The van der Waals surface area contributed by atoms with Gasteiger partial charge in [-0.3, -0.25) is 4.79 Å². The average Bonchev–Trinajstić information content (AvgIpc) is 2.42. The van der Waals surface area contributed by atoms with Crippen molar-refractivity contribution in [1.82, 2.24) is 0 Å². The summed E-state index contributed by atoms with van der Waals surface area (Å²) in [6.07, 6.45) is 10.4. The number of unbranched alkanes of at least 4 members (excludes halogenated alkanes) is 5. The Bertz CT molecular complexity index is 362. The minimum atomic E-state index is 0.00103. The molecule has 0 N–H and O–H groups in total. The maximum atomic E-state index is 11.4. The van der Waals surface area contributed by atoms with Gasteiger partial charge in [0.1, 0.15) is 0 Å². The van der Waals surface area contributed by atoms with E-state index in [2.05, 4.69) is 25.6 Å². The van der Waals surface area contributed by atoms with Crippen LogP contribution in [0.3, 0.4) is 0 Å². The van der Waals surface area contributed by atoms with E-state index in [0.717, 1.165) is 12.0 Å². The molecule has 18 heavy (non-hydrogen) atoms. The summed E-state index contributed by atoms with van der Waals surface area (Å²) in [6.45, 7) is 5.74. The molecule has 0 aliphatic carbocycles. The zero-order valence-corrected chi connectivity index (χ0v) is 11.5. The van der Waals surface area contributed by atoms with Crippen molar-refractivity contribution in [3.05, 3.63) is 48.0 Å². The zero-order valence-electron chi connectivity index (χ0n) is 11.5. The number of allylic oxidation sites excluding steroid dienone is 1. The summed E-state index contributed by atoms with van der Waals surface area (Å²) < 4.78 is 0. The van der Waals surface area contributed by atoms with E-state index in [4.69, 9.17) is 0 Å². The quantitative estimate of drug-likeness (QED) is 0.341. The predicted octanol–water partition coefficient (Wildman–Crippen LogP) is 4.96. The van der Waals surface area contributed by atoms with Crippen LogP contribution in [0.4, 0.5) is 0 Å². The van der Waals surface area contributed by atoms with Crippen LogP contribution < -0.4 is 0 Å². The van der Waals surface area contributed by atoms with Gasteiger partial charge in [-0.1, -0.05) is 69.9 Å². The maximum Gasteiger partial charge on any atom is 0.185 e. The van der Waals surface area contributed by atoms with E-state index in [9.17, 15) is 4.79 Å². The Morgan fingerprint density at radius 1 is 1.06 bits per heavy atom. The van der Waals surface area contributed by atoms with Gasteiger partial charge >= 0.3 is 0 Å². The van der Waals surface area contributed by atoms with Crippen LogP contribution in [0, 0.1) is 0 Å². The zero-order chi connectivity index (χ0) is 13.2. The van der Waals surface area contributed by atoms with Gasteiger partial charge in [-0.2, -0.15) is 0 Å². The van der Waals surface area contributed by atoms with Crippen molar-refractivity contribution in [2.45, 2.75) is 51.9 Å². The number of hydrogen-bond donors (Lipinski definition) is 0. The number of carbonyl (C=O) groups is 1. The van der Waals surface area contributed by atoms with Crippen LogP contribution in [0.5, 0.6) is 0 Å². The van der Waals surface area contributed by atoms with E-state index in [-0.39, 0.29) is 5.78 Å². The first-order valence-corrected chi connectivity index (χ1v) is 7.03. The molecule has 0 radical (unpaired) electrons. The summed E-state index contributed by atoms with van der Waals surface area (Å²) >= 11 is 0. The van der Waals surface area contributed by atoms with Crippen molar-refractivity contribution in [2.75, 3.05) is 0 Å². The highest BCUT2D eigenvalue weighted by Gasteiger charge is 2.00. The summed E-state index contributed by atoms with van der Waals surface area (Å²) in [7, 11) is 0.